The summed E-state index contributed by atoms with van der Waals surface area (Å²) < 4.78 is 0. The molecule has 2 nitrogen and oxygen atoms in total. The molecule has 0 amide bonds. The van der Waals surface area contributed by atoms with Gasteiger partial charge in [-0.1, -0.05) is 25.4 Å². The molecule has 2 rings (SSSR count). The molecular weight excluding hydrogens is 255 g/mol. The first-order chi connectivity index (χ1) is 8.11. The predicted octanol–water partition coefficient (Wildman–Crippen LogP) is 4.10. The van der Waals surface area contributed by atoms with Gasteiger partial charge >= 0.3 is 0 Å². The third-order valence-corrected chi connectivity index (χ3v) is 3.44. The van der Waals surface area contributed by atoms with Gasteiger partial charge in [-0.2, -0.15) is 0 Å². The molecule has 0 aromatic carbocycles. The maximum Gasteiger partial charge on any atom is 0.147 e. The molecular formula is C13H18Cl2N2. The molecule has 1 heterocycles. The Bertz CT molecular complexity index is 389. The fourth-order valence-corrected chi connectivity index (χ4v) is 2.39. The van der Waals surface area contributed by atoms with Crippen molar-refractivity contribution in [3.63, 3.8) is 0 Å². The number of nitrogens with zero attached hydrogens (tertiary/aromatic N) is 2. The van der Waals surface area contributed by atoms with Gasteiger partial charge in [0.05, 0.1) is 5.02 Å². The van der Waals surface area contributed by atoms with Crippen molar-refractivity contribution in [2.24, 2.45) is 5.92 Å². The average Bonchev–Trinajstić information content (AvgIpc) is 3.09. The van der Waals surface area contributed by atoms with Gasteiger partial charge < -0.3 is 4.90 Å². The molecule has 0 bridgehead atoms. The monoisotopic (exact) mass is 272 g/mol. The number of alkyl halides is 1. The van der Waals surface area contributed by atoms with Crippen molar-refractivity contribution in [1.29, 1.82) is 0 Å². The van der Waals surface area contributed by atoms with Crippen LogP contribution in [0, 0.1) is 5.92 Å². The van der Waals surface area contributed by atoms with Crippen molar-refractivity contribution in [3.05, 3.63) is 22.8 Å². The minimum atomic E-state index is 0.459. The molecule has 0 atom stereocenters. The highest BCUT2D eigenvalue weighted by molar-refractivity contribution is 6.33. The molecule has 0 saturated heterocycles. The Hall–Kier alpha value is -0.470. The van der Waals surface area contributed by atoms with Gasteiger partial charge in [-0.15, -0.1) is 11.6 Å². The molecule has 1 aliphatic rings. The van der Waals surface area contributed by atoms with Crippen molar-refractivity contribution in [3.8, 4) is 0 Å². The van der Waals surface area contributed by atoms with Gasteiger partial charge in [0.1, 0.15) is 5.82 Å². The smallest absolute Gasteiger partial charge is 0.147 e. The second kappa shape index (κ2) is 5.45. The van der Waals surface area contributed by atoms with Crippen LogP contribution in [0.5, 0.6) is 0 Å². The zero-order valence-electron chi connectivity index (χ0n) is 10.3. The molecule has 1 aromatic heterocycles. The molecule has 1 aliphatic carbocycles. The molecule has 0 spiro atoms. The van der Waals surface area contributed by atoms with E-state index in [1.165, 1.54) is 12.8 Å². The van der Waals surface area contributed by atoms with E-state index in [0.29, 0.717) is 17.8 Å². The lowest BCUT2D eigenvalue weighted by molar-refractivity contribution is 0.603. The third kappa shape index (κ3) is 3.26. The van der Waals surface area contributed by atoms with Crippen molar-refractivity contribution in [2.45, 2.75) is 38.6 Å². The molecule has 94 valence electrons. The van der Waals surface area contributed by atoms with E-state index >= 15 is 0 Å². The molecule has 0 unspecified atom stereocenters. The summed E-state index contributed by atoms with van der Waals surface area (Å²) in [5.41, 5.74) is 0.973. The Morgan fingerprint density at radius 3 is 2.65 bits per heavy atom. The maximum absolute atomic E-state index is 6.30. The first-order valence-electron chi connectivity index (χ1n) is 6.09. The van der Waals surface area contributed by atoms with E-state index in [-0.39, 0.29) is 0 Å². The van der Waals surface area contributed by atoms with Crippen LogP contribution in [0.3, 0.4) is 0 Å². The van der Waals surface area contributed by atoms with Gasteiger partial charge in [-0.3, -0.25) is 0 Å². The van der Waals surface area contributed by atoms with Crippen LogP contribution in [0.4, 0.5) is 5.82 Å². The van der Waals surface area contributed by atoms with Crippen LogP contribution >= 0.6 is 23.2 Å². The van der Waals surface area contributed by atoms with Crippen LogP contribution in [0.2, 0.25) is 5.02 Å². The highest BCUT2D eigenvalue weighted by Gasteiger charge is 2.31. The summed E-state index contributed by atoms with van der Waals surface area (Å²) in [4.78, 5) is 6.81. The fraction of sp³-hybridized carbons (Fsp3) is 0.615. The Labute approximate surface area is 113 Å². The second-order valence-electron chi connectivity index (χ2n) is 5.06. The van der Waals surface area contributed by atoms with Gasteiger partial charge in [0.2, 0.25) is 0 Å². The molecule has 17 heavy (non-hydrogen) atoms. The van der Waals surface area contributed by atoms with Crippen LogP contribution in [0.1, 0.15) is 32.3 Å². The van der Waals surface area contributed by atoms with Crippen molar-refractivity contribution < 1.29 is 0 Å². The van der Waals surface area contributed by atoms with E-state index < -0.39 is 0 Å². The topological polar surface area (TPSA) is 16.1 Å². The lowest BCUT2D eigenvalue weighted by atomic mass is 10.2. The summed E-state index contributed by atoms with van der Waals surface area (Å²) in [6.07, 6.45) is 4.33. The molecule has 0 aliphatic heterocycles. The molecule has 1 saturated carbocycles. The summed E-state index contributed by atoms with van der Waals surface area (Å²) in [5.74, 6) is 1.98. The van der Waals surface area contributed by atoms with Crippen molar-refractivity contribution in [1.82, 2.24) is 4.98 Å². The molecule has 1 fully saturated rings. The zero-order valence-corrected chi connectivity index (χ0v) is 11.8. The third-order valence-electron chi connectivity index (χ3n) is 2.85. The largest absolute Gasteiger partial charge is 0.352 e. The SMILES string of the molecule is CC(C)CN(c1ncc(CCl)cc1Cl)C1CC1. The van der Waals surface area contributed by atoms with Crippen molar-refractivity contribution in [2.75, 3.05) is 11.4 Å². The number of hydrogen-bond acceptors (Lipinski definition) is 2. The lowest BCUT2D eigenvalue weighted by Crippen LogP contribution is -2.30. The Balaban J connectivity index is 2.23. The van der Waals surface area contributed by atoms with E-state index in [9.17, 15) is 0 Å². The molecule has 0 N–H and O–H groups in total. The number of anilines is 1. The summed E-state index contributed by atoms with van der Waals surface area (Å²) in [6, 6.07) is 2.55. The van der Waals surface area contributed by atoms with Gasteiger partial charge in [-0.05, 0) is 30.4 Å². The first-order valence-corrected chi connectivity index (χ1v) is 7.00. The highest BCUT2D eigenvalue weighted by Crippen LogP contribution is 2.35. The highest BCUT2D eigenvalue weighted by atomic mass is 35.5. The van der Waals surface area contributed by atoms with Crippen LogP contribution in [-0.4, -0.2) is 17.6 Å². The zero-order chi connectivity index (χ0) is 12.4. The van der Waals surface area contributed by atoms with Gasteiger partial charge in [0, 0.05) is 24.7 Å². The summed E-state index contributed by atoms with van der Waals surface area (Å²) in [5, 5.41) is 0.718. The Kier molecular flexibility index (Phi) is 4.16. The first kappa shape index (κ1) is 13.0. The quantitative estimate of drug-likeness (QED) is 0.751. The van der Waals surface area contributed by atoms with Gasteiger partial charge in [-0.25, -0.2) is 4.98 Å². The summed E-state index contributed by atoms with van der Waals surface area (Å²) in [7, 11) is 0. The van der Waals surface area contributed by atoms with Crippen LogP contribution in [0.15, 0.2) is 12.3 Å². The Morgan fingerprint density at radius 2 is 2.18 bits per heavy atom. The number of halogens is 2. The molecule has 1 aromatic rings. The summed E-state index contributed by atoms with van der Waals surface area (Å²) >= 11 is 12.1. The van der Waals surface area contributed by atoms with Crippen LogP contribution < -0.4 is 4.90 Å². The standard InChI is InChI=1S/C13H18Cl2N2/c1-9(2)8-17(11-3-4-11)13-12(15)5-10(6-14)7-16-13/h5,7,9,11H,3-4,6,8H2,1-2H3. The summed E-state index contributed by atoms with van der Waals surface area (Å²) in [6.45, 7) is 5.45. The number of pyridine rings is 1. The lowest BCUT2D eigenvalue weighted by Gasteiger charge is -2.26. The van der Waals surface area contributed by atoms with E-state index in [1.807, 2.05) is 12.3 Å². The van der Waals surface area contributed by atoms with E-state index in [4.69, 9.17) is 23.2 Å². The van der Waals surface area contributed by atoms with E-state index in [0.717, 1.165) is 22.9 Å². The van der Waals surface area contributed by atoms with Gasteiger partial charge in [0.25, 0.3) is 0 Å². The second-order valence-corrected chi connectivity index (χ2v) is 5.73. The van der Waals surface area contributed by atoms with Crippen LogP contribution in [0.25, 0.3) is 0 Å². The van der Waals surface area contributed by atoms with E-state index in [1.54, 1.807) is 0 Å². The van der Waals surface area contributed by atoms with Gasteiger partial charge in [0.15, 0.2) is 0 Å². The molecule has 4 heteroatoms. The number of aromatic nitrogens is 1. The van der Waals surface area contributed by atoms with Crippen molar-refractivity contribution >= 4 is 29.0 Å². The molecule has 0 radical (unpaired) electrons. The van der Waals surface area contributed by atoms with Crippen LogP contribution in [-0.2, 0) is 5.88 Å². The Morgan fingerprint density at radius 1 is 1.47 bits per heavy atom. The fourth-order valence-electron chi connectivity index (χ4n) is 1.94. The average molecular weight is 273 g/mol. The maximum atomic E-state index is 6.30. The minimum absolute atomic E-state index is 0.459. The van der Waals surface area contributed by atoms with E-state index in [2.05, 4.69) is 23.7 Å². The number of rotatable bonds is 5. The minimum Gasteiger partial charge on any atom is -0.352 e. The number of hydrogen-bond donors (Lipinski definition) is 0. The predicted molar refractivity (Wildman–Crippen MR) is 74.0 cm³/mol. The normalized spacial score (nSPS) is 15.4.